The lowest BCUT2D eigenvalue weighted by atomic mass is 10.1. The second-order valence-corrected chi connectivity index (χ2v) is 5.12. The molecule has 1 amide bonds. The minimum Gasteiger partial charge on any atom is -0.322 e. The van der Waals surface area contributed by atoms with Crippen molar-refractivity contribution in [1.29, 1.82) is 0 Å². The molecule has 2 aromatic carbocycles. The molecular formula is C16H12ClFN2O3. The fourth-order valence-electron chi connectivity index (χ4n) is 1.90. The van der Waals surface area contributed by atoms with Gasteiger partial charge in [0.25, 0.3) is 5.69 Å². The lowest BCUT2D eigenvalue weighted by molar-refractivity contribution is -0.385. The Morgan fingerprint density at radius 2 is 2.09 bits per heavy atom. The highest BCUT2D eigenvalue weighted by atomic mass is 35.5. The quantitative estimate of drug-likeness (QED) is 0.513. The van der Waals surface area contributed by atoms with Gasteiger partial charge in [0.1, 0.15) is 5.82 Å². The number of anilines is 1. The van der Waals surface area contributed by atoms with Crippen LogP contribution in [-0.2, 0) is 4.79 Å². The van der Waals surface area contributed by atoms with E-state index in [0.29, 0.717) is 5.56 Å². The minimum absolute atomic E-state index is 0.0936. The van der Waals surface area contributed by atoms with Crippen molar-refractivity contribution in [3.05, 3.63) is 74.6 Å². The summed E-state index contributed by atoms with van der Waals surface area (Å²) in [5, 5.41) is 13.5. The number of benzene rings is 2. The van der Waals surface area contributed by atoms with Crippen molar-refractivity contribution in [1.82, 2.24) is 0 Å². The predicted octanol–water partition coefficient (Wildman–Crippen LogP) is 4.35. The van der Waals surface area contributed by atoms with Gasteiger partial charge in [0.15, 0.2) is 0 Å². The molecule has 0 aliphatic rings. The molecule has 7 heteroatoms. The molecule has 0 radical (unpaired) electrons. The summed E-state index contributed by atoms with van der Waals surface area (Å²) in [5.74, 6) is -1.10. The molecule has 0 bridgehead atoms. The zero-order chi connectivity index (χ0) is 17.0. The molecule has 0 saturated heterocycles. The fourth-order valence-corrected chi connectivity index (χ4v) is 2.12. The van der Waals surface area contributed by atoms with Crippen LogP contribution < -0.4 is 5.32 Å². The Hall–Kier alpha value is -2.73. The first kappa shape index (κ1) is 16.6. The van der Waals surface area contributed by atoms with Gasteiger partial charge in [0.2, 0.25) is 5.91 Å². The average molecular weight is 335 g/mol. The SMILES string of the molecule is Cc1ccc(NC(=O)/C=C/c2c(F)cccc2Cl)cc1[N+](=O)[O-]. The standard InChI is InChI=1S/C16H12ClFN2O3/c1-10-5-6-11(9-15(10)20(22)23)19-16(21)8-7-12-13(17)3-2-4-14(12)18/h2-9H,1H3,(H,19,21)/b8-7+. The summed E-state index contributed by atoms with van der Waals surface area (Å²) >= 11 is 5.85. The molecule has 0 saturated carbocycles. The summed E-state index contributed by atoms with van der Waals surface area (Å²) in [4.78, 5) is 22.2. The normalized spacial score (nSPS) is 10.7. The minimum atomic E-state index is -0.553. The zero-order valence-corrected chi connectivity index (χ0v) is 12.8. The molecule has 0 unspecified atom stereocenters. The van der Waals surface area contributed by atoms with E-state index in [1.807, 2.05) is 0 Å². The van der Waals surface area contributed by atoms with Crippen LogP contribution in [0.2, 0.25) is 5.02 Å². The number of carbonyl (C=O) groups excluding carboxylic acids is 1. The van der Waals surface area contributed by atoms with Crippen molar-refractivity contribution in [2.75, 3.05) is 5.32 Å². The number of hydrogen-bond donors (Lipinski definition) is 1. The van der Waals surface area contributed by atoms with Crippen molar-refractivity contribution in [3.63, 3.8) is 0 Å². The first-order valence-corrected chi connectivity index (χ1v) is 6.94. The van der Waals surface area contributed by atoms with Crippen LogP contribution in [-0.4, -0.2) is 10.8 Å². The van der Waals surface area contributed by atoms with E-state index in [-0.39, 0.29) is 22.0 Å². The molecule has 5 nitrogen and oxygen atoms in total. The van der Waals surface area contributed by atoms with Crippen LogP contribution in [0, 0.1) is 22.9 Å². The van der Waals surface area contributed by atoms with Crippen LogP contribution in [0.25, 0.3) is 6.08 Å². The van der Waals surface area contributed by atoms with Gasteiger partial charge in [-0.2, -0.15) is 0 Å². The molecule has 0 spiro atoms. The highest BCUT2D eigenvalue weighted by molar-refractivity contribution is 6.32. The first-order valence-electron chi connectivity index (χ1n) is 6.56. The Balaban J connectivity index is 2.15. The Bertz CT molecular complexity index is 786. The second kappa shape index (κ2) is 7.02. The third kappa shape index (κ3) is 4.14. The summed E-state index contributed by atoms with van der Waals surface area (Å²) in [6, 6.07) is 8.53. The molecule has 0 aliphatic carbocycles. The molecule has 2 aromatic rings. The van der Waals surface area contributed by atoms with E-state index in [9.17, 15) is 19.3 Å². The van der Waals surface area contributed by atoms with Crippen LogP contribution in [0.4, 0.5) is 15.8 Å². The van der Waals surface area contributed by atoms with Gasteiger partial charge in [-0.05, 0) is 31.2 Å². The molecule has 2 rings (SSSR count). The highest BCUT2D eigenvalue weighted by Crippen LogP contribution is 2.23. The number of nitro groups is 1. The number of nitrogens with zero attached hydrogens (tertiary/aromatic N) is 1. The van der Waals surface area contributed by atoms with Gasteiger partial charge < -0.3 is 5.32 Å². The van der Waals surface area contributed by atoms with Crippen molar-refractivity contribution in [2.24, 2.45) is 0 Å². The molecular weight excluding hydrogens is 323 g/mol. The van der Waals surface area contributed by atoms with Crippen molar-refractivity contribution < 1.29 is 14.1 Å². The summed E-state index contributed by atoms with van der Waals surface area (Å²) in [6.45, 7) is 1.60. The number of halogens is 2. The lowest BCUT2D eigenvalue weighted by Gasteiger charge is -2.04. The number of hydrogen-bond acceptors (Lipinski definition) is 3. The van der Waals surface area contributed by atoms with Gasteiger partial charge in [-0.25, -0.2) is 4.39 Å². The number of amides is 1. The van der Waals surface area contributed by atoms with E-state index >= 15 is 0 Å². The van der Waals surface area contributed by atoms with E-state index in [1.165, 1.54) is 36.4 Å². The topological polar surface area (TPSA) is 72.2 Å². The Kier molecular flexibility index (Phi) is 5.08. The van der Waals surface area contributed by atoms with Crippen LogP contribution in [0.5, 0.6) is 0 Å². The van der Waals surface area contributed by atoms with E-state index in [2.05, 4.69) is 5.32 Å². The van der Waals surface area contributed by atoms with Crippen molar-refractivity contribution >= 4 is 35.0 Å². The maximum atomic E-state index is 13.6. The van der Waals surface area contributed by atoms with Gasteiger partial charge in [-0.3, -0.25) is 14.9 Å². The number of aryl methyl sites for hydroxylation is 1. The first-order chi connectivity index (χ1) is 10.9. The molecule has 0 heterocycles. The average Bonchev–Trinajstić information content (AvgIpc) is 2.48. The smallest absolute Gasteiger partial charge is 0.274 e. The van der Waals surface area contributed by atoms with Crippen LogP contribution in [0.15, 0.2) is 42.5 Å². The number of nitro benzene ring substituents is 1. The third-order valence-corrected chi connectivity index (χ3v) is 3.40. The van der Waals surface area contributed by atoms with Gasteiger partial charge >= 0.3 is 0 Å². The van der Waals surface area contributed by atoms with Gasteiger partial charge in [-0.1, -0.05) is 23.7 Å². The lowest BCUT2D eigenvalue weighted by Crippen LogP contribution is -2.08. The predicted molar refractivity (Wildman–Crippen MR) is 86.9 cm³/mol. The van der Waals surface area contributed by atoms with E-state index in [1.54, 1.807) is 13.0 Å². The van der Waals surface area contributed by atoms with E-state index in [0.717, 1.165) is 6.08 Å². The molecule has 23 heavy (non-hydrogen) atoms. The van der Waals surface area contributed by atoms with Crippen LogP contribution >= 0.6 is 11.6 Å². The molecule has 0 atom stereocenters. The molecule has 0 aromatic heterocycles. The Labute approximate surface area is 136 Å². The molecule has 1 N–H and O–H groups in total. The van der Waals surface area contributed by atoms with Crippen molar-refractivity contribution in [2.45, 2.75) is 6.92 Å². The van der Waals surface area contributed by atoms with E-state index in [4.69, 9.17) is 11.6 Å². The molecule has 118 valence electrons. The molecule has 0 fully saturated rings. The third-order valence-electron chi connectivity index (χ3n) is 3.07. The second-order valence-electron chi connectivity index (χ2n) is 4.72. The largest absolute Gasteiger partial charge is 0.322 e. The molecule has 0 aliphatic heterocycles. The maximum absolute atomic E-state index is 13.6. The summed E-state index contributed by atoms with van der Waals surface area (Å²) in [6.07, 6.45) is 2.35. The Morgan fingerprint density at radius 1 is 1.35 bits per heavy atom. The monoisotopic (exact) mass is 334 g/mol. The summed E-state index contributed by atoms with van der Waals surface area (Å²) in [7, 11) is 0. The number of nitrogens with one attached hydrogen (secondary N) is 1. The maximum Gasteiger partial charge on any atom is 0.274 e. The van der Waals surface area contributed by atoms with E-state index < -0.39 is 16.6 Å². The number of rotatable bonds is 4. The zero-order valence-electron chi connectivity index (χ0n) is 12.0. The van der Waals surface area contributed by atoms with Crippen LogP contribution in [0.3, 0.4) is 0 Å². The number of carbonyl (C=O) groups is 1. The Morgan fingerprint density at radius 3 is 2.74 bits per heavy atom. The summed E-state index contributed by atoms with van der Waals surface area (Å²) in [5.41, 5.74) is 0.765. The van der Waals surface area contributed by atoms with Gasteiger partial charge in [0.05, 0.1) is 9.95 Å². The fraction of sp³-hybridized carbons (Fsp3) is 0.0625. The highest BCUT2D eigenvalue weighted by Gasteiger charge is 2.11. The van der Waals surface area contributed by atoms with Crippen molar-refractivity contribution in [3.8, 4) is 0 Å². The van der Waals surface area contributed by atoms with Crippen LogP contribution in [0.1, 0.15) is 11.1 Å². The van der Waals surface area contributed by atoms with Gasteiger partial charge in [0, 0.05) is 29.0 Å². The summed E-state index contributed by atoms with van der Waals surface area (Å²) < 4.78 is 13.6. The van der Waals surface area contributed by atoms with Gasteiger partial charge in [-0.15, -0.1) is 0 Å².